The molecule has 2 aromatic carbocycles. The molecule has 0 unspecified atom stereocenters. The van der Waals surface area contributed by atoms with Crippen LogP contribution in [0.5, 0.6) is 5.75 Å². The van der Waals surface area contributed by atoms with E-state index in [1.165, 1.54) is 11.1 Å². The van der Waals surface area contributed by atoms with Gasteiger partial charge in [0.2, 0.25) is 0 Å². The van der Waals surface area contributed by atoms with E-state index in [1.54, 1.807) is 0 Å². The number of aromatic nitrogens is 1. The van der Waals surface area contributed by atoms with Gasteiger partial charge >= 0.3 is 0 Å². The van der Waals surface area contributed by atoms with Crippen molar-refractivity contribution in [3.63, 3.8) is 0 Å². The van der Waals surface area contributed by atoms with Crippen LogP contribution in [0.4, 0.5) is 0 Å². The van der Waals surface area contributed by atoms with Crippen molar-refractivity contribution >= 4 is 22.5 Å². The molecule has 0 N–H and O–H groups in total. The first kappa shape index (κ1) is 15.0. The monoisotopic (exact) mass is 313 g/mol. The highest BCUT2D eigenvalue weighted by Crippen LogP contribution is 2.21. The van der Waals surface area contributed by atoms with Gasteiger partial charge in [-0.3, -0.25) is 0 Å². The van der Waals surface area contributed by atoms with E-state index < -0.39 is 0 Å². The maximum Gasteiger partial charge on any atom is 0.119 e. The Labute approximate surface area is 136 Å². The minimum absolute atomic E-state index is 0.548. The van der Waals surface area contributed by atoms with Crippen LogP contribution in [0.3, 0.4) is 0 Å². The largest absolute Gasteiger partial charge is 0.492 e. The summed E-state index contributed by atoms with van der Waals surface area (Å²) in [6.45, 7) is 5.85. The van der Waals surface area contributed by atoms with Crippen molar-refractivity contribution in [2.45, 2.75) is 26.3 Å². The van der Waals surface area contributed by atoms with Crippen molar-refractivity contribution in [2.75, 3.05) is 6.61 Å². The molecule has 0 radical (unpaired) electrons. The number of hydrogen-bond donors (Lipinski definition) is 0. The van der Waals surface area contributed by atoms with Gasteiger partial charge in [-0.05, 0) is 47.9 Å². The third kappa shape index (κ3) is 3.28. The fourth-order valence-corrected chi connectivity index (χ4v) is 2.76. The van der Waals surface area contributed by atoms with Crippen LogP contribution >= 0.6 is 11.6 Å². The van der Waals surface area contributed by atoms with E-state index >= 15 is 0 Å². The lowest BCUT2D eigenvalue weighted by Crippen LogP contribution is -2.07. The van der Waals surface area contributed by atoms with Gasteiger partial charge in [-0.1, -0.05) is 37.6 Å². The average Bonchev–Trinajstić information content (AvgIpc) is 2.90. The molecule has 0 atom stereocenters. The van der Waals surface area contributed by atoms with Gasteiger partial charge in [0.25, 0.3) is 0 Å². The first-order chi connectivity index (χ1) is 10.6. The molecule has 3 heteroatoms. The minimum atomic E-state index is 0.548. The van der Waals surface area contributed by atoms with Gasteiger partial charge in [-0.2, -0.15) is 0 Å². The molecule has 3 aromatic rings. The summed E-state index contributed by atoms with van der Waals surface area (Å²) >= 11 is 6.01. The first-order valence-corrected chi connectivity index (χ1v) is 7.98. The molecule has 1 aromatic heterocycles. The lowest BCUT2D eigenvalue weighted by molar-refractivity contribution is 0.300. The summed E-state index contributed by atoms with van der Waals surface area (Å²) in [5, 5.41) is 1.93. The quantitative estimate of drug-likeness (QED) is 0.607. The zero-order chi connectivity index (χ0) is 15.5. The fraction of sp³-hybridized carbons (Fsp3) is 0.263. The molecule has 0 fully saturated rings. The molecular formula is C19H20ClNO. The van der Waals surface area contributed by atoms with E-state index in [0.717, 1.165) is 22.7 Å². The number of halogens is 1. The van der Waals surface area contributed by atoms with E-state index in [0.29, 0.717) is 12.5 Å². The number of fused-ring (bicyclic) bond motifs is 1. The molecular weight excluding hydrogens is 294 g/mol. The summed E-state index contributed by atoms with van der Waals surface area (Å²) in [5.74, 6) is 1.47. The molecule has 1 heterocycles. The van der Waals surface area contributed by atoms with E-state index in [4.69, 9.17) is 16.3 Å². The number of benzene rings is 2. The lowest BCUT2D eigenvalue weighted by Gasteiger charge is -2.10. The Balaban J connectivity index is 1.62. The van der Waals surface area contributed by atoms with Crippen molar-refractivity contribution in [3.05, 3.63) is 65.3 Å². The van der Waals surface area contributed by atoms with Crippen LogP contribution in [0.25, 0.3) is 10.9 Å². The standard InChI is InChI=1S/C19H20ClNO/c1-14(2)15-3-6-18(7-4-15)22-12-11-21-10-9-16-13-17(20)5-8-19(16)21/h3-10,13-14H,11-12H2,1-2H3. The maximum atomic E-state index is 6.01. The SMILES string of the molecule is CC(C)c1ccc(OCCn2ccc3cc(Cl)ccc32)cc1. The molecule has 22 heavy (non-hydrogen) atoms. The van der Waals surface area contributed by atoms with Crippen molar-refractivity contribution in [3.8, 4) is 5.75 Å². The zero-order valence-electron chi connectivity index (χ0n) is 12.9. The molecule has 0 spiro atoms. The number of ether oxygens (including phenoxy) is 1. The van der Waals surface area contributed by atoms with Crippen molar-refractivity contribution in [1.82, 2.24) is 4.57 Å². The van der Waals surface area contributed by atoms with Gasteiger partial charge in [-0.15, -0.1) is 0 Å². The molecule has 0 aliphatic carbocycles. The predicted octanol–water partition coefficient (Wildman–Crippen LogP) is 5.50. The van der Waals surface area contributed by atoms with Crippen LogP contribution < -0.4 is 4.74 Å². The molecule has 0 amide bonds. The summed E-state index contributed by atoms with van der Waals surface area (Å²) in [6, 6.07) is 16.4. The third-order valence-electron chi connectivity index (χ3n) is 3.88. The lowest BCUT2D eigenvalue weighted by atomic mass is 10.0. The first-order valence-electron chi connectivity index (χ1n) is 7.60. The highest BCUT2D eigenvalue weighted by molar-refractivity contribution is 6.31. The summed E-state index contributed by atoms with van der Waals surface area (Å²) in [6.07, 6.45) is 2.08. The van der Waals surface area contributed by atoms with Crippen LogP contribution in [0.2, 0.25) is 5.02 Å². The second-order valence-electron chi connectivity index (χ2n) is 5.78. The summed E-state index contributed by atoms with van der Waals surface area (Å²) < 4.78 is 8.03. The Morgan fingerprint density at radius 1 is 1.05 bits per heavy atom. The van der Waals surface area contributed by atoms with Crippen LogP contribution in [-0.4, -0.2) is 11.2 Å². The molecule has 0 saturated heterocycles. The van der Waals surface area contributed by atoms with Crippen molar-refractivity contribution < 1.29 is 4.74 Å². The molecule has 114 valence electrons. The molecule has 3 rings (SSSR count). The highest BCUT2D eigenvalue weighted by atomic mass is 35.5. The van der Waals surface area contributed by atoms with Crippen LogP contribution in [0, 0.1) is 0 Å². The Hall–Kier alpha value is -1.93. The van der Waals surface area contributed by atoms with E-state index in [2.05, 4.69) is 48.9 Å². The normalized spacial score (nSPS) is 11.3. The van der Waals surface area contributed by atoms with Crippen LogP contribution in [0.15, 0.2) is 54.7 Å². The number of hydrogen-bond acceptors (Lipinski definition) is 1. The van der Waals surface area contributed by atoms with Gasteiger partial charge in [0.1, 0.15) is 12.4 Å². The van der Waals surface area contributed by atoms with E-state index in [-0.39, 0.29) is 0 Å². The topological polar surface area (TPSA) is 14.2 Å². The Bertz CT molecular complexity index is 759. The zero-order valence-corrected chi connectivity index (χ0v) is 13.7. The van der Waals surface area contributed by atoms with Gasteiger partial charge < -0.3 is 9.30 Å². The van der Waals surface area contributed by atoms with E-state index in [1.807, 2.05) is 24.3 Å². The number of nitrogens with zero attached hydrogens (tertiary/aromatic N) is 1. The summed E-state index contributed by atoms with van der Waals surface area (Å²) in [7, 11) is 0. The summed E-state index contributed by atoms with van der Waals surface area (Å²) in [4.78, 5) is 0. The Kier molecular flexibility index (Phi) is 4.39. The molecule has 0 saturated carbocycles. The second-order valence-corrected chi connectivity index (χ2v) is 6.22. The van der Waals surface area contributed by atoms with Crippen LogP contribution in [0.1, 0.15) is 25.3 Å². The van der Waals surface area contributed by atoms with E-state index in [9.17, 15) is 0 Å². The highest BCUT2D eigenvalue weighted by Gasteiger charge is 2.03. The predicted molar refractivity (Wildman–Crippen MR) is 93.0 cm³/mol. The van der Waals surface area contributed by atoms with Gasteiger partial charge in [-0.25, -0.2) is 0 Å². The number of rotatable bonds is 5. The Morgan fingerprint density at radius 2 is 1.82 bits per heavy atom. The van der Waals surface area contributed by atoms with Crippen molar-refractivity contribution in [1.29, 1.82) is 0 Å². The van der Waals surface area contributed by atoms with Crippen molar-refractivity contribution in [2.24, 2.45) is 0 Å². The molecule has 2 nitrogen and oxygen atoms in total. The molecule has 0 aliphatic heterocycles. The molecule has 0 bridgehead atoms. The average molecular weight is 314 g/mol. The van der Waals surface area contributed by atoms with Gasteiger partial charge in [0.15, 0.2) is 0 Å². The fourth-order valence-electron chi connectivity index (χ4n) is 2.58. The van der Waals surface area contributed by atoms with Crippen LogP contribution in [-0.2, 0) is 6.54 Å². The maximum absolute atomic E-state index is 6.01. The minimum Gasteiger partial charge on any atom is -0.492 e. The third-order valence-corrected chi connectivity index (χ3v) is 4.12. The smallest absolute Gasteiger partial charge is 0.119 e. The van der Waals surface area contributed by atoms with Gasteiger partial charge in [0, 0.05) is 22.1 Å². The second kappa shape index (κ2) is 6.45. The summed E-state index contributed by atoms with van der Waals surface area (Å²) in [5.41, 5.74) is 2.52. The Morgan fingerprint density at radius 3 is 2.55 bits per heavy atom. The van der Waals surface area contributed by atoms with Gasteiger partial charge in [0.05, 0.1) is 6.54 Å². The molecule has 0 aliphatic rings.